The van der Waals surface area contributed by atoms with Crippen LogP contribution in [0.5, 0.6) is 0 Å². The molecule has 0 N–H and O–H groups in total. The number of cyclic esters (lactones) is 1. The molecule has 5 rings (SSSR count). The maximum atomic E-state index is 13.6. The summed E-state index contributed by atoms with van der Waals surface area (Å²) in [5.74, 6) is -0.159. The normalized spacial score (nSPS) is 21.5. The van der Waals surface area contributed by atoms with Gasteiger partial charge in [0.15, 0.2) is 5.01 Å². The summed E-state index contributed by atoms with van der Waals surface area (Å²) in [7, 11) is 0. The third-order valence-corrected chi connectivity index (χ3v) is 7.47. The van der Waals surface area contributed by atoms with Crippen molar-refractivity contribution in [1.29, 1.82) is 0 Å². The molecule has 1 atom stereocenters. The lowest BCUT2D eigenvalue weighted by molar-refractivity contribution is -0.138. The molecule has 32 heavy (non-hydrogen) atoms. The van der Waals surface area contributed by atoms with Gasteiger partial charge < -0.3 is 14.5 Å². The maximum absolute atomic E-state index is 13.6. The second-order valence-electron chi connectivity index (χ2n) is 8.96. The van der Waals surface area contributed by atoms with Crippen LogP contribution in [-0.2, 0) is 14.3 Å². The first-order valence-corrected chi connectivity index (χ1v) is 12.1. The fourth-order valence-corrected chi connectivity index (χ4v) is 5.37. The van der Waals surface area contributed by atoms with Crippen molar-refractivity contribution in [1.82, 2.24) is 9.88 Å². The molecule has 1 aromatic carbocycles. The van der Waals surface area contributed by atoms with Gasteiger partial charge in [0.05, 0.1) is 12.3 Å². The van der Waals surface area contributed by atoms with Crippen LogP contribution in [0.15, 0.2) is 30.5 Å². The number of hydrogen-bond donors (Lipinski definition) is 0. The fraction of sp³-hybridized carbons (Fsp3) is 0.500. The second kappa shape index (κ2) is 8.65. The van der Waals surface area contributed by atoms with E-state index in [2.05, 4.69) is 17.1 Å². The number of amides is 2. The summed E-state index contributed by atoms with van der Waals surface area (Å²) in [5.41, 5.74) is 2.20. The molecule has 0 unspecified atom stereocenters. The summed E-state index contributed by atoms with van der Waals surface area (Å²) in [6.45, 7) is 3.27. The molecule has 0 bridgehead atoms. The molecule has 1 aromatic heterocycles. The number of hydrogen-bond acceptors (Lipinski definition) is 6. The van der Waals surface area contributed by atoms with Crippen LogP contribution in [0.4, 0.5) is 5.69 Å². The number of piperidine rings is 1. The number of aromatic nitrogens is 1. The van der Waals surface area contributed by atoms with Gasteiger partial charge in [-0.2, -0.15) is 0 Å². The van der Waals surface area contributed by atoms with Gasteiger partial charge in [-0.25, -0.2) is 4.98 Å². The highest BCUT2D eigenvalue weighted by molar-refractivity contribution is 7.13. The van der Waals surface area contributed by atoms with Crippen molar-refractivity contribution in [3.05, 3.63) is 45.9 Å². The number of thiazole rings is 1. The van der Waals surface area contributed by atoms with Crippen LogP contribution in [-0.4, -0.2) is 53.4 Å². The molecule has 3 fully saturated rings. The summed E-state index contributed by atoms with van der Waals surface area (Å²) >= 11 is 1.42. The van der Waals surface area contributed by atoms with Crippen LogP contribution in [0, 0.1) is 12.8 Å². The zero-order valence-corrected chi connectivity index (χ0v) is 19.0. The highest BCUT2D eigenvalue weighted by Crippen LogP contribution is 2.41. The van der Waals surface area contributed by atoms with Crippen LogP contribution in [0.1, 0.15) is 58.3 Å². The molecule has 2 aromatic rings. The highest BCUT2D eigenvalue weighted by Gasteiger charge is 2.37. The van der Waals surface area contributed by atoms with Gasteiger partial charge in [-0.3, -0.25) is 14.4 Å². The van der Waals surface area contributed by atoms with E-state index in [9.17, 15) is 14.4 Å². The fourth-order valence-electron chi connectivity index (χ4n) is 4.67. The minimum absolute atomic E-state index is 0.00771. The number of carbonyl (C=O) groups excluding carboxylic acids is 3. The van der Waals surface area contributed by atoms with Crippen LogP contribution >= 0.6 is 11.3 Å². The minimum Gasteiger partial charge on any atom is -0.465 e. The van der Waals surface area contributed by atoms with Gasteiger partial charge in [0.25, 0.3) is 5.91 Å². The maximum Gasteiger partial charge on any atom is 0.306 e. The van der Waals surface area contributed by atoms with E-state index in [0.29, 0.717) is 36.9 Å². The lowest BCUT2D eigenvalue weighted by atomic mass is 9.99. The number of carbonyl (C=O) groups is 3. The zero-order valence-electron chi connectivity index (χ0n) is 18.2. The molecule has 1 aliphatic carbocycles. The van der Waals surface area contributed by atoms with Crippen molar-refractivity contribution in [3.8, 4) is 0 Å². The predicted octanol–water partition coefficient (Wildman–Crippen LogP) is 3.53. The van der Waals surface area contributed by atoms with E-state index < -0.39 is 0 Å². The van der Waals surface area contributed by atoms with Crippen molar-refractivity contribution >= 4 is 34.8 Å². The number of aryl methyl sites for hydroxylation is 1. The first kappa shape index (κ1) is 21.1. The molecule has 2 amide bonds. The minimum atomic E-state index is -0.370. The van der Waals surface area contributed by atoms with Crippen LogP contribution < -0.4 is 4.90 Å². The number of anilines is 1. The molecular formula is C24H27N3O4S. The Hall–Kier alpha value is -2.74. The molecule has 8 heteroatoms. The summed E-state index contributed by atoms with van der Waals surface area (Å²) < 4.78 is 4.97. The van der Waals surface area contributed by atoms with Crippen LogP contribution in [0.2, 0.25) is 0 Å². The summed E-state index contributed by atoms with van der Waals surface area (Å²) in [5, 5.41) is 0.499. The van der Waals surface area contributed by atoms with E-state index in [1.54, 1.807) is 6.20 Å². The number of benzene rings is 1. The van der Waals surface area contributed by atoms with Gasteiger partial charge in [-0.15, -0.1) is 11.3 Å². The molecule has 1 saturated carbocycles. The number of ether oxygens (including phenoxy) is 1. The Morgan fingerprint density at radius 1 is 1.19 bits per heavy atom. The number of esters is 1. The first-order chi connectivity index (χ1) is 15.5. The topological polar surface area (TPSA) is 79.8 Å². The van der Waals surface area contributed by atoms with Gasteiger partial charge in [0.2, 0.25) is 5.91 Å². The lowest BCUT2D eigenvalue weighted by Crippen LogP contribution is -2.50. The molecule has 168 valence electrons. The van der Waals surface area contributed by atoms with E-state index in [0.717, 1.165) is 10.6 Å². The first-order valence-electron chi connectivity index (χ1n) is 11.3. The Kier molecular flexibility index (Phi) is 5.71. The second-order valence-corrected chi connectivity index (χ2v) is 10.2. The van der Waals surface area contributed by atoms with Crippen LogP contribution in [0.25, 0.3) is 0 Å². The average Bonchev–Trinajstić information content (AvgIpc) is 3.43. The van der Waals surface area contributed by atoms with Crippen molar-refractivity contribution < 1.29 is 19.1 Å². The summed E-state index contributed by atoms with van der Waals surface area (Å²) in [6.07, 6.45) is 5.70. The Morgan fingerprint density at radius 2 is 1.97 bits per heavy atom. The molecule has 2 saturated heterocycles. The molecule has 2 aliphatic heterocycles. The van der Waals surface area contributed by atoms with E-state index in [4.69, 9.17) is 4.74 Å². The van der Waals surface area contributed by atoms with Gasteiger partial charge >= 0.3 is 5.97 Å². The average molecular weight is 454 g/mol. The SMILES string of the molecule is Cc1cnc(C(=O)N(c2cccc(C3CC3)c2)C2CCN(C(=O)[C@H]3COC(=O)C3)CC2)s1. The Morgan fingerprint density at radius 3 is 2.59 bits per heavy atom. The number of rotatable bonds is 5. The summed E-state index contributed by atoms with van der Waals surface area (Å²) in [4.78, 5) is 46.8. The van der Waals surface area contributed by atoms with Crippen molar-refractivity contribution in [3.63, 3.8) is 0 Å². The van der Waals surface area contributed by atoms with Crippen LogP contribution in [0.3, 0.4) is 0 Å². The number of nitrogens with zero attached hydrogens (tertiary/aromatic N) is 3. The number of likely N-dealkylation sites (tertiary alicyclic amines) is 1. The predicted molar refractivity (Wildman–Crippen MR) is 121 cm³/mol. The largest absolute Gasteiger partial charge is 0.465 e. The Balaban J connectivity index is 1.35. The van der Waals surface area contributed by atoms with E-state index in [1.165, 1.54) is 29.7 Å². The quantitative estimate of drug-likeness (QED) is 0.647. The van der Waals surface area contributed by atoms with E-state index >= 15 is 0 Å². The van der Waals surface area contributed by atoms with E-state index in [-0.39, 0.29) is 42.8 Å². The third kappa shape index (κ3) is 4.28. The Labute approximate surface area is 191 Å². The molecular weight excluding hydrogens is 426 g/mol. The van der Waals surface area contributed by atoms with Gasteiger partial charge in [-0.05, 0) is 56.2 Å². The smallest absolute Gasteiger partial charge is 0.306 e. The van der Waals surface area contributed by atoms with E-state index in [1.807, 2.05) is 28.9 Å². The molecule has 0 spiro atoms. The monoisotopic (exact) mass is 453 g/mol. The highest BCUT2D eigenvalue weighted by atomic mass is 32.1. The molecule has 3 heterocycles. The molecule has 0 radical (unpaired) electrons. The van der Waals surface area contributed by atoms with Crippen molar-refractivity contribution in [2.45, 2.75) is 51.0 Å². The van der Waals surface area contributed by atoms with Gasteiger partial charge in [0.1, 0.15) is 6.61 Å². The Bertz CT molecular complexity index is 1040. The molecule has 3 aliphatic rings. The molecule has 7 nitrogen and oxygen atoms in total. The zero-order chi connectivity index (χ0) is 22.2. The lowest BCUT2D eigenvalue weighted by Gasteiger charge is -2.39. The van der Waals surface area contributed by atoms with Gasteiger partial charge in [0, 0.05) is 35.9 Å². The third-order valence-electron chi connectivity index (χ3n) is 6.57. The standard InChI is InChI=1S/C24H27N3O4S/c1-15-13-25-22(32-15)24(30)27(20-4-2-3-17(11-20)16-5-6-16)19-7-9-26(10-8-19)23(29)18-12-21(28)31-14-18/h2-4,11,13,16,18-19H,5-10,12,14H2,1H3/t18-/m1/s1. The van der Waals surface area contributed by atoms with Gasteiger partial charge in [-0.1, -0.05) is 12.1 Å². The summed E-state index contributed by atoms with van der Waals surface area (Å²) in [6, 6.07) is 8.32. The van der Waals surface area contributed by atoms with Crippen molar-refractivity contribution in [2.24, 2.45) is 5.92 Å². The van der Waals surface area contributed by atoms with Crippen molar-refractivity contribution in [2.75, 3.05) is 24.6 Å².